The minimum Gasteiger partial charge on any atom is -0.406 e. The minimum absolute atomic E-state index is 0.165. The highest BCUT2D eigenvalue weighted by Crippen LogP contribution is 2.42. The van der Waals surface area contributed by atoms with E-state index in [-0.39, 0.29) is 26.2 Å². The second kappa shape index (κ2) is 6.13. The third-order valence-corrected chi connectivity index (χ3v) is 3.59. The highest BCUT2D eigenvalue weighted by molar-refractivity contribution is 6.43. The molecule has 0 amide bonds. The summed E-state index contributed by atoms with van der Waals surface area (Å²) in [5, 5.41) is 0.806. The Kier molecular flexibility index (Phi) is 4.83. The van der Waals surface area contributed by atoms with Crippen molar-refractivity contribution >= 4 is 46.4 Å². The van der Waals surface area contributed by atoms with Gasteiger partial charge in [0.2, 0.25) is 0 Å². The fourth-order valence-corrected chi connectivity index (χ4v) is 2.93. The highest BCUT2D eigenvalue weighted by Gasteiger charge is 2.31. The van der Waals surface area contributed by atoms with Crippen molar-refractivity contribution in [3.05, 3.63) is 50.4 Å². The molecule has 8 heteroatoms. The number of halogens is 7. The van der Waals surface area contributed by atoms with Crippen LogP contribution in [0.3, 0.4) is 0 Å². The Morgan fingerprint density at radius 3 is 1.90 bits per heavy atom. The Balaban J connectivity index is 2.56. The lowest BCUT2D eigenvalue weighted by atomic mass is 10.1. The maximum Gasteiger partial charge on any atom is 0.573 e. The first-order chi connectivity index (χ1) is 9.67. The summed E-state index contributed by atoms with van der Waals surface area (Å²) < 4.78 is 40.6. The molecule has 0 heterocycles. The smallest absolute Gasteiger partial charge is 0.406 e. The van der Waals surface area contributed by atoms with E-state index in [0.29, 0.717) is 5.02 Å². The molecule has 2 rings (SSSR count). The van der Waals surface area contributed by atoms with E-state index >= 15 is 0 Å². The molecule has 0 aliphatic carbocycles. The highest BCUT2D eigenvalue weighted by atomic mass is 35.5. The van der Waals surface area contributed by atoms with Gasteiger partial charge in [0.25, 0.3) is 0 Å². The number of ether oxygens (including phenoxy) is 1. The number of benzene rings is 2. The van der Waals surface area contributed by atoms with Gasteiger partial charge in [-0.05, 0) is 30.3 Å². The molecule has 0 radical (unpaired) electrons. The number of alkyl halides is 3. The number of hydrogen-bond donors (Lipinski definition) is 0. The van der Waals surface area contributed by atoms with Crippen LogP contribution in [-0.4, -0.2) is 6.36 Å². The molecule has 0 unspecified atom stereocenters. The van der Waals surface area contributed by atoms with Crippen molar-refractivity contribution in [2.24, 2.45) is 0 Å². The van der Waals surface area contributed by atoms with Crippen LogP contribution in [0.1, 0.15) is 0 Å². The Bertz CT molecular complexity index is 663. The van der Waals surface area contributed by atoms with Crippen molar-refractivity contribution in [3.63, 3.8) is 0 Å². The van der Waals surface area contributed by atoms with Crippen molar-refractivity contribution in [1.29, 1.82) is 0 Å². The first-order valence-corrected chi connectivity index (χ1v) is 6.89. The van der Waals surface area contributed by atoms with Crippen LogP contribution in [0, 0.1) is 0 Å². The van der Waals surface area contributed by atoms with E-state index in [4.69, 9.17) is 46.4 Å². The van der Waals surface area contributed by atoms with Crippen LogP contribution >= 0.6 is 46.4 Å². The van der Waals surface area contributed by atoms with Crippen LogP contribution in [0.15, 0.2) is 30.3 Å². The van der Waals surface area contributed by atoms with Gasteiger partial charge in [0.15, 0.2) is 0 Å². The minimum atomic E-state index is -4.81. The topological polar surface area (TPSA) is 9.23 Å². The van der Waals surface area contributed by atoms with Crippen molar-refractivity contribution in [3.8, 4) is 16.9 Å². The maximum atomic E-state index is 12.3. The van der Waals surface area contributed by atoms with Crippen LogP contribution in [0.25, 0.3) is 11.1 Å². The standard InChI is InChI=1S/C13H5Cl4F3O/c14-6-3-10(16)12(11(17)4-6)8-5-7(1-2-9(8)15)21-13(18,19)20/h1-5H. The molecule has 2 aromatic carbocycles. The molecule has 112 valence electrons. The van der Waals surface area contributed by atoms with Crippen molar-refractivity contribution < 1.29 is 17.9 Å². The average molecular weight is 376 g/mol. The molecular formula is C13H5Cl4F3O. The van der Waals surface area contributed by atoms with E-state index in [1.54, 1.807) is 0 Å². The van der Waals surface area contributed by atoms with Gasteiger partial charge in [-0.25, -0.2) is 0 Å². The molecule has 0 saturated carbocycles. The zero-order valence-corrected chi connectivity index (χ0v) is 13.0. The van der Waals surface area contributed by atoms with E-state index in [0.717, 1.165) is 12.1 Å². The molecule has 0 bridgehead atoms. The van der Waals surface area contributed by atoms with Crippen molar-refractivity contribution in [1.82, 2.24) is 0 Å². The summed E-state index contributed by atoms with van der Waals surface area (Å²) in [6.45, 7) is 0. The normalized spacial score (nSPS) is 11.6. The Morgan fingerprint density at radius 2 is 1.38 bits per heavy atom. The molecule has 0 fully saturated rings. The van der Waals surface area contributed by atoms with Crippen LogP contribution in [-0.2, 0) is 0 Å². The predicted octanol–water partition coefficient (Wildman–Crippen LogP) is 6.87. The van der Waals surface area contributed by atoms with Crippen molar-refractivity contribution in [2.75, 3.05) is 0 Å². The lowest BCUT2D eigenvalue weighted by Gasteiger charge is -2.13. The fourth-order valence-electron chi connectivity index (χ4n) is 1.69. The van der Waals surface area contributed by atoms with Gasteiger partial charge in [-0.1, -0.05) is 46.4 Å². The summed E-state index contributed by atoms with van der Waals surface area (Å²) in [6, 6.07) is 6.29. The predicted molar refractivity (Wildman–Crippen MR) is 78.6 cm³/mol. The maximum absolute atomic E-state index is 12.3. The lowest BCUT2D eigenvalue weighted by molar-refractivity contribution is -0.274. The third kappa shape index (κ3) is 4.10. The monoisotopic (exact) mass is 374 g/mol. The first kappa shape index (κ1) is 16.6. The summed E-state index contributed by atoms with van der Waals surface area (Å²) >= 11 is 23.9. The molecule has 0 aliphatic heterocycles. The van der Waals surface area contributed by atoms with Crippen LogP contribution in [0.2, 0.25) is 20.1 Å². The molecule has 0 N–H and O–H groups in total. The van der Waals surface area contributed by atoms with Crippen LogP contribution in [0.5, 0.6) is 5.75 Å². The van der Waals surface area contributed by atoms with Gasteiger partial charge < -0.3 is 4.74 Å². The summed E-state index contributed by atoms with van der Waals surface area (Å²) in [6.07, 6.45) is -4.81. The van der Waals surface area contributed by atoms with Gasteiger partial charge in [0.05, 0.1) is 10.0 Å². The first-order valence-electron chi connectivity index (χ1n) is 5.37. The summed E-state index contributed by atoms with van der Waals surface area (Å²) in [4.78, 5) is 0. The Morgan fingerprint density at radius 1 is 0.810 bits per heavy atom. The Hall–Kier alpha value is -0.810. The van der Waals surface area contributed by atoms with Gasteiger partial charge in [-0.2, -0.15) is 0 Å². The van der Waals surface area contributed by atoms with Gasteiger partial charge in [-0.3, -0.25) is 0 Å². The molecular weight excluding hydrogens is 371 g/mol. The zero-order chi connectivity index (χ0) is 15.8. The zero-order valence-electron chi connectivity index (χ0n) is 9.94. The fraction of sp³-hybridized carbons (Fsp3) is 0.0769. The van der Waals surface area contributed by atoms with E-state index in [1.165, 1.54) is 18.2 Å². The Labute approximate surface area is 138 Å². The summed E-state index contributed by atoms with van der Waals surface area (Å²) in [5.41, 5.74) is 0.491. The number of hydrogen-bond acceptors (Lipinski definition) is 1. The molecule has 0 aliphatic rings. The second-order valence-electron chi connectivity index (χ2n) is 3.93. The van der Waals surface area contributed by atoms with Gasteiger partial charge >= 0.3 is 6.36 Å². The molecule has 2 aromatic rings. The molecule has 0 saturated heterocycles. The summed E-state index contributed by atoms with van der Waals surface area (Å²) in [7, 11) is 0. The van der Waals surface area contributed by atoms with E-state index in [2.05, 4.69) is 4.74 Å². The molecule has 1 nitrogen and oxygen atoms in total. The average Bonchev–Trinajstić information content (AvgIpc) is 2.30. The van der Waals surface area contributed by atoms with Gasteiger partial charge in [0.1, 0.15) is 5.75 Å². The summed E-state index contributed by atoms with van der Waals surface area (Å²) in [5.74, 6) is -0.427. The van der Waals surface area contributed by atoms with Crippen LogP contribution < -0.4 is 4.74 Å². The van der Waals surface area contributed by atoms with Crippen molar-refractivity contribution in [2.45, 2.75) is 6.36 Å². The quantitative estimate of drug-likeness (QED) is 0.556. The van der Waals surface area contributed by atoms with Gasteiger partial charge in [-0.15, -0.1) is 13.2 Å². The SMILES string of the molecule is FC(F)(F)Oc1ccc(Cl)c(-c2c(Cl)cc(Cl)cc2Cl)c1. The number of rotatable bonds is 2. The van der Waals surface area contributed by atoms with E-state index < -0.39 is 12.1 Å². The third-order valence-electron chi connectivity index (χ3n) is 2.45. The molecule has 0 aromatic heterocycles. The second-order valence-corrected chi connectivity index (χ2v) is 5.59. The molecule has 0 atom stereocenters. The van der Waals surface area contributed by atoms with Gasteiger partial charge in [0, 0.05) is 21.2 Å². The molecule has 0 spiro atoms. The van der Waals surface area contributed by atoms with Crippen LogP contribution in [0.4, 0.5) is 13.2 Å². The van der Waals surface area contributed by atoms with E-state index in [1.807, 2.05) is 0 Å². The van der Waals surface area contributed by atoms with E-state index in [9.17, 15) is 13.2 Å². The largest absolute Gasteiger partial charge is 0.573 e. The lowest BCUT2D eigenvalue weighted by Crippen LogP contribution is -2.17. The molecule has 21 heavy (non-hydrogen) atoms.